The minimum atomic E-state index is 0.281. The normalized spacial score (nSPS) is 14.1. The minimum Gasteiger partial charge on any atom is -0.508 e. The topological polar surface area (TPSA) is 41.5 Å². The lowest BCUT2D eigenvalue weighted by atomic mass is 10.1. The molecule has 1 fully saturated rings. The molecule has 110 valence electrons. The molecule has 0 unspecified atom stereocenters. The SMILES string of the molecule is Cc1ccc(OCc2ccc(O)cc2)c(CNC2CC2)c1. The minimum absolute atomic E-state index is 0.281. The molecule has 1 aliphatic carbocycles. The highest BCUT2D eigenvalue weighted by Gasteiger charge is 2.20. The summed E-state index contributed by atoms with van der Waals surface area (Å²) >= 11 is 0. The Hall–Kier alpha value is -2.00. The average molecular weight is 283 g/mol. The van der Waals surface area contributed by atoms with Gasteiger partial charge < -0.3 is 15.2 Å². The van der Waals surface area contributed by atoms with Crippen LogP contribution in [0.1, 0.15) is 29.5 Å². The number of hydrogen-bond donors (Lipinski definition) is 2. The first-order valence-electron chi connectivity index (χ1n) is 7.44. The summed E-state index contributed by atoms with van der Waals surface area (Å²) in [4.78, 5) is 0. The zero-order chi connectivity index (χ0) is 14.7. The molecule has 0 aromatic heterocycles. The molecule has 21 heavy (non-hydrogen) atoms. The lowest BCUT2D eigenvalue weighted by molar-refractivity contribution is 0.302. The van der Waals surface area contributed by atoms with Crippen molar-refractivity contribution in [2.45, 2.75) is 39.0 Å². The van der Waals surface area contributed by atoms with Gasteiger partial charge in [0.05, 0.1) is 0 Å². The molecule has 0 bridgehead atoms. The fourth-order valence-electron chi connectivity index (χ4n) is 2.28. The van der Waals surface area contributed by atoms with Crippen LogP contribution in [0.5, 0.6) is 11.5 Å². The zero-order valence-corrected chi connectivity index (χ0v) is 12.3. The van der Waals surface area contributed by atoms with Crippen molar-refractivity contribution in [2.24, 2.45) is 0 Å². The summed E-state index contributed by atoms with van der Waals surface area (Å²) in [5.41, 5.74) is 3.51. The second-order valence-electron chi connectivity index (χ2n) is 5.72. The van der Waals surface area contributed by atoms with E-state index in [1.807, 2.05) is 18.2 Å². The van der Waals surface area contributed by atoms with Crippen LogP contribution in [-0.2, 0) is 13.2 Å². The van der Waals surface area contributed by atoms with Crippen LogP contribution in [0.15, 0.2) is 42.5 Å². The summed E-state index contributed by atoms with van der Waals surface area (Å²) in [6, 6.07) is 14.1. The Morgan fingerprint density at radius 3 is 2.62 bits per heavy atom. The quantitative estimate of drug-likeness (QED) is 0.852. The van der Waals surface area contributed by atoms with Crippen molar-refractivity contribution >= 4 is 0 Å². The summed E-state index contributed by atoms with van der Waals surface area (Å²) in [7, 11) is 0. The van der Waals surface area contributed by atoms with Gasteiger partial charge in [-0.25, -0.2) is 0 Å². The Morgan fingerprint density at radius 2 is 1.90 bits per heavy atom. The van der Waals surface area contributed by atoms with E-state index in [4.69, 9.17) is 4.74 Å². The second kappa shape index (κ2) is 6.19. The van der Waals surface area contributed by atoms with Crippen molar-refractivity contribution in [3.05, 3.63) is 59.2 Å². The van der Waals surface area contributed by atoms with Crippen LogP contribution in [-0.4, -0.2) is 11.1 Å². The van der Waals surface area contributed by atoms with E-state index in [2.05, 4.69) is 24.4 Å². The molecule has 0 spiro atoms. The third-order valence-corrected chi connectivity index (χ3v) is 3.71. The molecule has 0 saturated heterocycles. The maximum absolute atomic E-state index is 9.30. The highest BCUT2D eigenvalue weighted by molar-refractivity contribution is 5.37. The van der Waals surface area contributed by atoms with Crippen molar-refractivity contribution in [1.82, 2.24) is 5.32 Å². The van der Waals surface area contributed by atoms with Gasteiger partial charge in [-0.2, -0.15) is 0 Å². The van der Waals surface area contributed by atoms with E-state index < -0.39 is 0 Å². The summed E-state index contributed by atoms with van der Waals surface area (Å²) in [6.07, 6.45) is 2.57. The lowest BCUT2D eigenvalue weighted by Gasteiger charge is -2.13. The molecule has 1 saturated carbocycles. The van der Waals surface area contributed by atoms with Gasteiger partial charge in [0.25, 0.3) is 0 Å². The Balaban J connectivity index is 1.66. The molecule has 0 amide bonds. The first kappa shape index (κ1) is 14.0. The van der Waals surface area contributed by atoms with Gasteiger partial charge in [0, 0.05) is 18.2 Å². The van der Waals surface area contributed by atoms with Gasteiger partial charge in [0.1, 0.15) is 18.1 Å². The number of benzene rings is 2. The standard InChI is InChI=1S/C18H21NO2/c1-13-2-9-18(15(10-13)11-19-16-5-6-16)21-12-14-3-7-17(20)8-4-14/h2-4,7-10,16,19-20H,5-6,11-12H2,1H3. The van der Waals surface area contributed by atoms with Crippen LogP contribution in [0.2, 0.25) is 0 Å². The van der Waals surface area contributed by atoms with E-state index in [0.29, 0.717) is 12.6 Å². The Morgan fingerprint density at radius 1 is 1.14 bits per heavy atom. The number of phenolic OH excluding ortho intramolecular Hbond substituents is 1. The molecule has 2 aromatic carbocycles. The van der Waals surface area contributed by atoms with Gasteiger partial charge >= 0.3 is 0 Å². The van der Waals surface area contributed by atoms with Crippen LogP contribution in [0.4, 0.5) is 0 Å². The fraction of sp³-hybridized carbons (Fsp3) is 0.333. The molecular weight excluding hydrogens is 262 g/mol. The van der Waals surface area contributed by atoms with Crippen molar-refractivity contribution in [1.29, 1.82) is 0 Å². The molecule has 2 aromatic rings. The van der Waals surface area contributed by atoms with Crippen LogP contribution in [0.25, 0.3) is 0 Å². The summed E-state index contributed by atoms with van der Waals surface area (Å²) in [6.45, 7) is 3.47. The third-order valence-electron chi connectivity index (χ3n) is 3.71. The molecule has 0 atom stereocenters. The smallest absolute Gasteiger partial charge is 0.124 e. The Kier molecular flexibility index (Phi) is 4.11. The van der Waals surface area contributed by atoms with Crippen LogP contribution in [0.3, 0.4) is 0 Å². The molecule has 3 heteroatoms. The van der Waals surface area contributed by atoms with Gasteiger partial charge in [0.15, 0.2) is 0 Å². The number of rotatable bonds is 6. The highest BCUT2D eigenvalue weighted by atomic mass is 16.5. The van der Waals surface area contributed by atoms with Crippen molar-refractivity contribution in [3.63, 3.8) is 0 Å². The fourth-order valence-corrected chi connectivity index (χ4v) is 2.28. The van der Waals surface area contributed by atoms with Gasteiger partial charge in [0.2, 0.25) is 0 Å². The molecule has 0 heterocycles. The van der Waals surface area contributed by atoms with E-state index in [1.54, 1.807) is 12.1 Å². The predicted molar refractivity (Wildman–Crippen MR) is 83.5 cm³/mol. The second-order valence-corrected chi connectivity index (χ2v) is 5.72. The number of hydrogen-bond acceptors (Lipinski definition) is 3. The Bertz CT molecular complexity index is 603. The zero-order valence-electron chi connectivity index (χ0n) is 12.3. The van der Waals surface area contributed by atoms with Crippen molar-refractivity contribution in [2.75, 3.05) is 0 Å². The summed E-state index contributed by atoms with van der Waals surface area (Å²) in [5.74, 6) is 1.21. The first-order valence-corrected chi connectivity index (χ1v) is 7.44. The molecule has 3 nitrogen and oxygen atoms in total. The lowest BCUT2D eigenvalue weighted by Crippen LogP contribution is -2.16. The van der Waals surface area contributed by atoms with Crippen LogP contribution in [0, 0.1) is 6.92 Å². The van der Waals surface area contributed by atoms with Crippen molar-refractivity contribution < 1.29 is 9.84 Å². The molecule has 1 aliphatic rings. The molecule has 3 rings (SSSR count). The third kappa shape index (κ3) is 3.99. The molecular formula is C18H21NO2. The Labute approximate surface area is 125 Å². The number of nitrogens with one attached hydrogen (secondary N) is 1. The van der Waals surface area contributed by atoms with E-state index in [0.717, 1.165) is 17.9 Å². The summed E-state index contributed by atoms with van der Waals surface area (Å²) < 4.78 is 5.95. The largest absolute Gasteiger partial charge is 0.508 e. The maximum Gasteiger partial charge on any atom is 0.124 e. The van der Waals surface area contributed by atoms with E-state index in [9.17, 15) is 5.11 Å². The van der Waals surface area contributed by atoms with Gasteiger partial charge in [-0.15, -0.1) is 0 Å². The number of aryl methyl sites for hydroxylation is 1. The van der Waals surface area contributed by atoms with Crippen LogP contribution < -0.4 is 10.1 Å². The first-order chi connectivity index (χ1) is 10.2. The number of ether oxygens (including phenoxy) is 1. The predicted octanol–water partition coefficient (Wildman–Crippen LogP) is 3.53. The highest BCUT2D eigenvalue weighted by Crippen LogP contribution is 2.24. The molecule has 0 radical (unpaired) electrons. The van der Waals surface area contributed by atoms with E-state index in [-0.39, 0.29) is 5.75 Å². The maximum atomic E-state index is 9.30. The van der Waals surface area contributed by atoms with Crippen molar-refractivity contribution in [3.8, 4) is 11.5 Å². The number of phenols is 1. The summed E-state index contributed by atoms with van der Waals surface area (Å²) in [5, 5.41) is 12.8. The van der Waals surface area contributed by atoms with Gasteiger partial charge in [-0.3, -0.25) is 0 Å². The van der Waals surface area contributed by atoms with Crippen LogP contribution >= 0.6 is 0 Å². The number of aromatic hydroxyl groups is 1. The molecule has 0 aliphatic heterocycles. The van der Waals surface area contributed by atoms with Gasteiger partial charge in [-0.05, 0) is 43.5 Å². The van der Waals surface area contributed by atoms with E-state index in [1.165, 1.54) is 24.0 Å². The van der Waals surface area contributed by atoms with Gasteiger partial charge in [-0.1, -0.05) is 29.8 Å². The average Bonchev–Trinajstić information content (AvgIpc) is 3.30. The van der Waals surface area contributed by atoms with E-state index >= 15 is 0 Å². The monoisotopic (exact) mass is 283 g/mol. The molecule has 2 N–H and O–H groups in total.